The lowest BCUT2D eigenvalue weighted by Gasteiger charge is -2.29. The first-order valence-electron chi connectivity index (χ1n) is 10.8. The van der Waals surface area contributed by atoms with Crippen molar-refractivity contribution < 1.29 is 24.2 Å². The van der Waals surface area contributed by atoms with Crippen molar-refractivity contribution in [2.45, 2.75) is 20.5 Å². The monoisotopic (exact) mass is 486 g/mol. The van der Waals surface area contributed by atoms with Crippen LogP contribution < -0.4 is 15.0 Å². The summed E-state index contributed by atoms with van der Waals surface area (Å²) < 4.78 is 5.74. The molecule has 2 N–H and O–H groups in total. The van der Waals surface area contributed by atoms with Crippen LogP contribution in [0.1, 0.15) is 32.6 Å². The molecule has 0 unspecified atom stereocenters. The minimum atomic E-state index is -0.998. The molecule has 1 fully saturated rings. The van der Waals surface area contributed by atoms with Crippen LogP contribution in [0.4, 0.5) is 5.69 Å². The van der Waals surface area contributed by atoms with Crippen molar-refractivity contribution in [3.05, 3.63) is 100 Å². The number of amides is 2. The van der Waals surface area contributed by atoms with Crippen LogP contribution in [0.3, 0.4) is 0 Å². The number of carboxylic acid groups (broad SMARTS) is 1. The second-order valence-electron chi connectivity index (χ2n) is 8.09. The van der Waals surface area contributed by atoms with Gasteiger partial charge in [-0.1, -0.05) is 30.3 Å². The summed E-state index contributed by atoms with van der Waals surface area (Å²) in [5.41, 5.74) is 4.20. The van der Waals surface area contributed by atoms with E-state index >= 15 is 0 Å². The van der Waals surface area contributed by atoms with Gasteiger partial charge >= 0.3 is 5.97 Å². The van der Waals surface area contributed by atoms with Crippen molar-refractivity contribution >= 4 is 46.9 Å². The highest BCUT2D eigenvalue weighted by molar-refractivity contribution is 7.80. The van der Waals surface area contributed by atoms with Gasteiger partial charge in [0.25, 0.3) is 11.8 Å². The van der Waals surface area contributed by atoms with E-state index in [-0.39, 0.29) is 22.9 Å². The van der Waals surface area contributed by atoms with Crippen LogP contribution in [-0.4, -0.2) is 28.0 Å². The van der Waals surface area contributed by atoms with Gasteiger partial charge in [0.15, 0.2) is 5.11 Å². The summed E-state index contributed by atoms with van der Waals surface area (Å²) in [5, 5.41) is 11.7. The molecule has 0 aliphatic carbocycles. The van der Waals surface area contributed by atoms with Gasteiger partial charge in [-0.2, -0.15) is 0 Å². The van der Waals surface area contributed by atoms with Crippen LogP contribution in [0.25, 0.3) is 6.08 Å². The molecule has 3 aromatic carbocycles. The summed E-state index contributed by atoms with van der Waals surface area (Å²) in [5.74, 6) is -1.49. The number of carbonyl (C=O) groups is 3. The Bertz CT molecular complexity index is 1380. The van der Waals surface area contributed by atoms with Crippen molar-refractivity contribution in [3.63, 3.8) is 0 Å². The molecule has 1 aliphatic heterocycles. The zero-order chi connectivity index (χ0) is 25.1. The normalized spacial score (nSPS) is 14.7. The SMILES string of the molecule is Cc1ccc(N2C(=O)/C(=C/c3ccc(OCc4cccc(C(=O)O)c4)cc3)C(=O)NC2=S)cc1C. The predicted molar refractivity (Wildman–Crippen MR) is 136 cm³/mol. The van der Waals surface area contributed by atoms with Crippen LogP contribution in [0.5, 0.6) is 5.75 Å². The minimum absolute atomic E-state index is 0.0315. The fourth-order valence-electron chi connectivity index (χ4n) is 3.54. The summed E-state index contributed by atoms with van der Waals surface area (Å²) in [6.45, 7) is 4.12. The molecule has 0 saturated carbocycles. The summed E-state index contributed by atoms with van der Waals surface area (Å²) in [6.07, 6.45) is 1.51. The Hall–Kier alpha value is -4.30. The van der Waals surface area contributed by atoms with E-state index in [0.29, 0.717) is 17.0 Å². The van der Waals surface area contributed by atoms with E-state index in [1.807, 2.05) is 26.0 Å². The first-order valence-corrected chi connectivity index (χ1v) is 11.2. The second kappa shape index (κ2) is 9.90. The quantitative estimate of drug-likeness (QED) is 0.304. The number of carbonyl (C=O) groups excluding carboxylic acids is 2. The number of rotatable bonds is 6. The molecule has 2 amide bonds. The number of nitrogens with one attached hydrogen (secondary N) is 1. The molecular weight excluding hydrogens is 464 g/mol. The van der Waals surface area contributed by atoms with Gasteiger partial charge in [0.2, 0.25) is 0 Å². The topological polar surface area (TPSA) is 95.9 Å². The van der Waals surface area contributed by atoms with E-state index in [0.717, 1.165) is 16.7 Å². The highest BCUT2D eigenvalue weighted by Gasteiger charge is 2.34. The lowest BCUT2D eigenvalue weighted by molar-refractivity contribution is -0.122. The molecule has 3 aromatic rings. The molecule has 1 aliphatic rings. The van der Waals surface area contributed by atoms with Gasteiger partial charge in [-0.25, -0.2) is 4.79 Å². The number of benzene rings is 3. The Balaban J connectivity index is 1.51. The van der Waals surface area contributed by atoms with Crippen molar-refractivity contribution in [2.75, 3.05) is 4.90 Å². The third-order valence-corrected chi connectivity index (χ3v) is 5.91. The molecule has 0 bridgehead atoms. The maximum Gasteiger partial charge on any atom is 0.335 e. The fraction of sp³-hybridized carbons (Fsp3) is 0.111. The maximum atomic E-state index is 13.2. The molecule has 4 rings (SSSR count). The fourth-order valence-corrected chi connectivity index (χ4v) is 3.83. The van der Waals surface area contributed by atoms with Crippen LogP contribution in [0.2, 0.25) is 0 Å². The van der Waals surface area contributed by atoms with Crippen LogP contribution >= 0.6 is 12.2 Å². The Morgan fingerprint density at radius 2 is 1.77 bits per heavy atom. The molecule has 7 nitrogen and oxygen atoms in total. The van der Waals surface area contributed by atoms with Gasteiger partial charge in [0.1, 0.15) is 17.9 Å². The number of hydrogen-bond acceptors (Lipinski definition) is 5. The maximum absolute atomic E-state index is 13.2. The number of aromatic carboxylic acids is 1. The third-order valence-electron chi connectivity index (χ3n) is 5.62. The number of ether oxygens (including phenoxy) is 1. The number of aryl methyl sites for hydroxylation is 2. The van der Waals surface area contributed by atoms with E-state index in [1.165, 1.54) is 17.0 Å². The highest BCUT2D eigenvalue weighted by Crippen LogP contribution is 2.25. The zero-order valence-electron chi connectivity index (χ0n) is 19.1. The highest BCUT2D eigenvalue weighted by atomic mass is 32.1. The van der Waals surface area contributed by atoms with E-state index in [4.69, 9.17) is 22.1 Å². The number of carboxylic acids is 1. The smallest absolute Gasteiger partial charge is 0.335 e. The lowest BCUT2D eigenvalue weighted by Crippen LogP contribution is -2.54. The van der Waals surface area contributed by atoms with E-state index < -0.39 is 17.8 Å². The minimum Gasteiger partial charge on any atom is -0.489 e. The average molecular weight is 487 g/mol. The average Bonchev–Trinajstić information content (AvgIpc) is 2.83. The molecule has 8 heteroatoms. The first kappa shape index (κ1) is 23.8. The van der Waals surface area contributed by atoms with E-state index in [9.17, 15) is 14.4 Å². The van der Waals surface area contributed by atoms with Gasteiger partial charge in [-0.3, -0.25) is 19.8 Å². The Morgan fingerprint density at radius 1 is 1.03 bits per heavy atom. The molecule has 1 heterocycles. The van der Waals surface area contributed by atoms with Crippen molar-refractivity contribution in [1.82, 2.24) is 5.32 Å². The molecule has 0 radical (unpaired) electrons. The number of nitrogens with zero attached hydrogens (tertiary/aromatic N) is 1. The van der Waals surface area contributed by atoms with Crippen molar-refractivity contribution in [1.29, 1.82) is 0 Å². The van der Waals surface area contributed by atoms with Gasteiger partial charge in [-0.15, -0.1) is 0 Å². The van der Waals surface area contributed by atoms with Crippen LogP contribution in [-0.2, 0) is 16.2 Å². The van der Waals surface area contributed by atoms with Crippen LogP contribution in [0, 0.1) is 13.8 Å². The summed E-state index contributed by atoms with van der Waals surface area (Å²) in [6, 6.07) is 18.9. The molecule has 0 spiro atoms. The van der Waals surface area contributed by atoms with E-state index in [2.05, 4.69) is 5.32 Å². The molecule has 0 atom stereocenters. The van der Waals surface area contributed by atoms with Gasteiger partial charge in [0, 0.05) is 0 Å². The van der Waals surface area contributed by atoms with Gasteiger partial charge in [0.05, 0.1) is 11.3 Å². The molecule has 176 valence electrons. The summed E-state index contributed by atoms with van der Waals surface area (Å²) in [4.78, 5) is 38.2. The second-order valence-corrected chi connectivity index (χ2v) is 8.48. The number of hydrogen-bond donors (Lipinski definition) is 2. The predicted octanol–water partition coefficient (Wildman–Crippen LogP) is 4.41. The van der Waals surface area contributed by atoms with Gasteiger partial charge in [-0.05, 0) is 90.8 Å². The number of anilines is 1. The van der Waals surface area contributed by atoms with Crippen molar-refractivity contribution in [3.8, 4) is 5.75 Å². The Morgan fingerprint density at radius 3 is 2.46 bits per heavy atom. The zero-order valence-corrected chi connectivity index (χ0v) is 19.9. The molecule has 0 aromatic heterocycles. The first-order chi connectivity index (χ1) is 16.7. The van der Waals surface area contributed by atoms with Gasteiger partial charge < -0.3 is 9.84 Å². The van der Waals surface area contributed by atoms with Crippen molar-refractivity contribution in [2.24, 2.45) is 0 Å². The summed E-state index contributed by atoms with van der Waals surface area (Å²) >= 11 is 5.26. The molecular formula is C27H22N2O5S. The molecule has 1 saturated heterocycles. The Kier molecular flexibility index (Phi) is 6.75. The largest absolute Gasteiger partial charge is 0.489 e. The Labute approximate surface area is 207 Å². The summed E-state index contributed by atoms with van der Waals surface area (Å²) in [7, 11) is 0. The standard InChI is InChI=1S/C27H22N2O5S/c1-16-6-9-21(12-17(16)2)29-25(31)23(24(30)28-27(29)35)14-18-7-10-22(11-8-18)34-15-19-4-3-5-20(13-19)26(32)33/h3-14H,15H2,1-2H3,(H,32,33)(H,28,30,35)/b23-14+. The third kappa shape index (κ3) is 5.28. The van der Waals surface area contributed by atoms with E-state index in [1.54, 1.807) is 48.5 Å². The number of thiocarbonyl (C=S) groups is 1. The van der Waals surface area contributed by atoms with Crippen LogP contribution in [0.15, 0.2) is 72.3 Å². The molecule has 35 heavy (non-hydrogen) atoms. The lowest BCUT2D eigenvalue weighted by atomic mass is 10.1.